The molecule has 0 saturated carbocycles. The molecule has 1 amide bonds. The number of aromatic nitrogens is 1. The molecule has 0 aromatic carbocycles. The van der Waals surface area contributed by atoms with Crippen molar-refractivity contribution in [3.63, 3.8) is 0 Å². The standard InChI is InChI=1S/C8H11N3O2/c9-7-5-6(1-2-10-7)8(13)11-3-4-12/h1-2,5,12H,3-4H2,(H2,9,10)(H,11,13). The third-order valence-corrected chi connectivity index (χ3v) is 1.44. The van der Waals surface area contributed by atoms with Gasteiger partial charge in [0.05, 0.1) is 6.61 Å². The molecular formula is C8H11N3O2. The predicted molar refractivity (Wildman–Crippen MR) is 48.1 cm³/mol. The number of hydrogen-bond acceptors (Lipinski definition) is 4. The van der Waals surface area contributed by atoms with Crippen molar-refractivity contribution < 1.29 is 9.90 Å². The van der Waals surface area contributed by atoms with Crippen molar-refractivity contribution >= 4 is 11.7 Å². The number of nitrogens with zero attached hydrogens (tertiary/aromatic N) is 1. The molecule has 0 spiro atoms. The molecular weight excluding hydrogens is 170 g/mol. The van der Waals surface area contributed by atoms with Gasteiger partial charge in [-0.25, -0.2) is 4.98 Å². The van der Waals surface area contributed by atoms with Gasteiger partial charge in [-0.15, -0.1) is 0 Å². The molecule has 0 fully saturated rings. The van der Waals surface area contributed by atoms with E-state index in [1.54, 1.807) is 6.07 Å². The first-order valence-corrected chi connectivity index (χ1v) is 3.84. The third-order valence-electron chi connectivity index (χ3n) is 1.44. The SMILES string of the molecule is Nc1cc(C(=O)NCCO)ccn1. The van der Waals surface area contributed by atoms with E-state index >= 15 is 0 Å². The second-order valence-electron chi connectivity index (χ2n) is 2.45. The van der Waals surface area contributed by atoms with Crippen molar-refractivity contribution in [2.75, 3.05) is 18.9 Å². The van der Waals surface area contributed by atoms with Gasteiger partial charge in [0, 0.05) is 18.3 Å². The van der Waals surface area contributed by atoms with E-state index in [-0.39, 0.29) is 19.1 Å². The fourth-order valence-corrected chi connectivity index (χ4v) is 0.861. The van der Waals surface area contributed by atoms with E-state index in [2.05, 4.69) is 10.3 Å². The number of aliphatic hydroxyl groups is 1. The van der Waals surface area contributed by atoms with E-state index < -0.39 is 0 Å². The quantitative estimate of drug-likeness (QED) is 0.580. The monoisotopic (exact) mass is 181 g/mol. The zero-order valence-electron chi connectivity index (χ0n) is 7.03. The van der Waals surface area contributed by atoms with E-state index in [9.17, 15) is 4.79 Å². The first kappa shape index (κ1) is 9.47. The Morgan fingerprint density at radius 1 is 1.69 bits per heavy atom. The number of carbonyl (C=O) groups is 1. The summed E-state index contributed by atoms with van der Waals surface area (Å²) in [6.07, 6.45) is 1.46. The fourth-order valence-electron chi connectivity index (χ4n) is 0.861. The van der Waals surface area contributed by atoms with Gasteiger partial charge in [0.1, 0.15) is 5.82 Å². The molecule has 4 N–H and O–H groups in total. The van der Waals surface area contributed by atoms with Gasteiger partial charge in [-0.1, -0.05) is 0 Å². The van der Waals surface area contributed by atoms with Gasteiger partial charge in [0.15, 0.2) is 0 Å². The van der Waals surface area contributed by atoms with Crippen LogP contribution >= 0.6 is 0 Å². The Bertz CT molecular complexity index is 301. The summed E-state index contributed by atoms with van der Waals surface area (Å²) in [7, 11) is 0. The van der Waals surface area contributed by atoms with Crippen LogP contribution in [-0.2, 0) is 0 Å². The summed E-state index contributed by atoms with van der Waals surface area (Å²) in [4.78, 5) is 15.0. The van der Waals surface area contributed by atoms with Crippen LogP contribution in [0.5, 0.6) is 0 Å². The third kappa shape index (κ3) is 2.72. The van der Waals surface area contributed by atoms with Crippen molar-refractivity contribution in [2.24, 2.45) is 0 Å². The van der Waals surface area contributed by atoms with Gasteiger partial charge < -0.3 is 16.2 Å². The summed E-state index contributed by atoms with van der Waals surface area (Å²) >= 11 is 0. The Kier molecular flexibility index (Phi) is 3.22. The van der Waals surface area contributed by atoms with Gasteiger partial charge >= 0.3 is 0 Å². The summed E-state index contributed by atoms with van der Waals surface area (Å²) in [5.41, 5.74) is 5.83. The van der Waals surface area contributed by atoms with Crippen molar-refractivity contribution in [1.82, 2.24) is 10.3 Å². The molecule has 0 radical (unpaired) electrons. The minimum Gasteiger partial charge on any atom is -0.395 e. The smallest absolute Gasteiger partial charge is 0.251 e. The van der Waals surface area contributed by atoms with Gasteiger partial charge in [-0.3, -0.25) is 4.79 Å². The number of pyridine rings is 1. The van der Waals surface area contributed by atoms with Crippen molar-refractivity contribution in [3.8, 4) is 0 Å². The van der Waals surface area contributed by atoms with Crippen LogP contribution in [0.15, 0.2) is 18.3 Å². The van der Waals surface area contributed by atoms with Gasteiger partial charge in [-0.2, -0.15) is 0 Å². The van der Waals surface area contributed by atoms with Crippen LogP contribution in [0.25, 0.3) is 0 Å². The maximum absolute atomic E-state index is 11.3. The second kappa shape index (κ2) is 4.42. The number of rotatable bonds is 3. The van der Waals surface area contributed by atoms with Crippen LogP contribution in [0.4, 0.5) is 5.82 Å². The second-order valence-corrected chi connectivity index (χ2v) is 2.45. The van der Waals surface area contributed by atoms with Crippen LogP contribution < -0.4 is 11.1 Å². The molecule has 1 aromatic rings. The Hall–Kier alpha value is -1.62. The lowest BCUT2D eigenvalue weighted by Crippen LogP contribution is -2.26. The molecule has 0 unspecified atom stereocenters. The molecule has 0 saturated heterocycles. The van der Waals surface area contributed by atoms with Crippen LogP contribution in [0, 0.1) is 0 Å². The molecule has 5 nitrogen and oxygen atoms in total. The molecule has 0 aliphatic heterocycles. The van der Waals surface area contributed by atoms with E-state index in [4.69, 9.17) is 10.8 Å². The Balaban J connectivity index is 2.66. The van der Waals surface area contributed by atoms with Crippen LogP contribution in [0.3, 0.4) is 0 Å². The summed E-state index contributed by atoms with van der Waals surface area (Å²) in [6.45, 7) is 0.160. The highest BCUT2D eigenvalue weighted by Crippen LogP contribution is 2.01. The normalized spacial score (nSPS) is 9.62. The molecule has 13 heavy (non-hydrogen) atoms. The molecule has 0 atom stereocenters. The summed E-state index contributed by atoms with van der Waals surface area (Å²) < 4.78 is 0. The van der Waals surface area contributed by atoms with E-state index in [0.29, 0.717) is 11.4 Å². The highest BCUT2D eigenvalue weighted by atomic mass is 16.3. The Morgan fingerprint density at radius 3 is 3.08 bits per heavy atom. The highest BCUT2D eigenvalue weighted by molar-refractivity contribution is 5.94. The maximum atomic E-state index is 11.3. The molecule has 0 aliphatic carbocycles. The number of nitrogen functional groups attached to an aromatic ring is 1. The lowest BCUT2D eigenvalue weighted by molar-refractivity contribution is 0.0944. The Labute approximate surface area is 75.6 Å². The number of anilines is 1. The van der Waals surface area contributed by atoms with E-state index in [1.807, 2.05) is 0 Å². The summed E-state index contributed by atoms with van der Waals surface area (Å²) in [5.74, 6) is 0.0415. The van der Waals surface area contributed by atoms with Crippen molar-refractivity contribution in [1.29, 1.82) is 0 Å². The first-order chi connectivity index (χ1) is 6.24. The van der Waals surface area contributed by atoms with E-state index in [1.165, 1.54) is 12.3 Å². The van der Waals surface area contributed by atoms with Crippen LogP contribution in [-0.4, -0.2) is 29.1 Å². The minimum atomic E-state index is -0.261. The average Bonchev–Trinajstić information content (AvgIpc) is 2.14. The molecule has 0 aliphatic rings. The molecule has 1 heterocycles. The number of amides is 1. The van der Waals surface area contributed by atoms with E-state index in [0.717, 1.165) is 0 Å². The summed E-state index contributed by atoms with van der Waals surface area (Å²) in [6, 6.07) is 3.04. The molecule has 5 heteroatoms. The number of aliphatic hydroxyl groups excluding tert-OH is 1. The van der Waals surface area contributed by atoms with Crippen LogP contribution in [0.2, 0.25) is 0 Å². The topological polar surface area (TPSA) is 88.2 Å². The molecule has 1 rings (SSSR count). The van der Waals surface area contributed by atoms with Crippen LogP contribution in [0.1, 0.15) is 10.4 Å². The number of hydrogen-bond donors (Lipinski definition) is 3. The lowest BCUT2D eigenvalue weighted by Gasteiger charge is -2.02. The van der Waals surface area contributed by atoms with Crippen molar-refractivity contribution in [3.05, 3.63) is 23.9 Å². The summed E-state index contributed by atoms with van der Waals surface area (Å²) in [5, 5.41) is 11.0. The zero-order chi connectivity index (χ0) is 9.68. The number of nitrogens with one attached hydrogen (secondary N) is 1. The largest absolute Gasteiger partial charge is 0.395 e. The van der Waals surface area contributed by atoms with Gasteiger partial charge in [-0.05, 0) is 12.1 Å². The first-order valence-electron chi connectivity index (χ1n) is 3.84. The average molecular weight is 181 g/mol. The van der Waals surface area contributed by atoms with Gasteiger partial charge in [0.2, 0.25) is 0 Å². The Morgan fingerprint density at radius 2 is 2.46 bits per heavy atom. The number of carbonyl (C=O) groups excluding carboxylic acids is 1. The maximum Gasteiger partial charge on any atom is 0.251 e. The highest BCUT2D eigenvalue weighted by Gasteiger charge is 2.03. The van der Waals surface area contributed by atoms with Gasteiger partial charge in [0.25, 0.3) is 5.91 Å². The zero-order valence-corrected chi connectivity index (χ0v) is 7.03. The van der Waals surface area contributed by atoms with Crippen molar-refractivity contribution in [2.45, 2.75) is 0 Å². The molecule has 70 valence electrons. The fraction of sp³-hybridized carbons (Fsp3) is 0.250. The molecule has 0 bridgehead atoms. The predicted octanol–water partition coefficient (Wildman–Crippen LogP) is -0.614. The number of nitrogens with two attached hydrogens (primary N) is 1. The lowest BCUT2D eigenvalue weighted by atomic mass is 10.2. The minimum absolute atomic E-state index is 0.0771. The molecule has 1 aromatic heterocycles.